The third-order valence-corrected chi connectivity index (χ3v) is 5.55. The zero-order valence-corrected chi connectivity index (χ0v) is 18.9. The maximum Gasteiger partial charge on any atom is 0.258 e. The van der Waals surface area contributed by atoms with Gasteiger partial charge in [0.1, 0.15) is 0 Å². The summed E-state index contributed by atoms with van der Waals surface area (Å²) in [7, 11) is 0. The van der Waals surface area contributed by atoms with Crippen LogP contribution in [0.4, 0.5) is 0 Å². The van der Waals surface area contributed by atoms with E-state index in [-0.39, 0.29) is 5.91 Å². The highest BCUT2D eigenvalue weighted by Gasteiger charge is 2.10. The van der Waals surface area contributed by atoms with Gasteiger partial charge >= 0.3 is 0 Å². The zero-order valence-electron chi connectivity index (χ0n) is 18.9. The van der Waals surface area contributed by atoms with Crippen LogP contribution in [0.3, 0.4) is 0 Å². The molecular formula is C26H34N4O. The summed E-state index contributed by atoms with van der Waals surface area (Å²) in [4.78, 5) is 17.7. The fraction of sp³-hybridized carbons (Fsp3) is 0.346. The van der Waals surface area contributed by atoms with E-state index in [0.717, 1.165) is 44.6 Å². The Labute approximate surface area is 185 Å². The molecule has 5 heteroatoms. The van der Waals surface area contributed by atoms with E-state index in [1.54, 1.807) is 6.08 Å². The fourth-order valence-corrected chi connectivity index (χ4v) is 3.76. The first-order valence-electron chi connectivity index (χ1n) is 11.2. The second kappa shape index (κ2) is 11.5. The van der Waals surface area contributed by atoms with Crippen LogP contribution in [-0.4, -0.2) is 35.4 Å². The summed E-state index contributed by atoms with van der Waals surface area (Å²) < 4.78 is 0. The molecule has 0 atom stereocenters. The van der Waals surface area contributed by atoms with Crippen molar-refractivity contribution < 1.29 is 4.79 Å². The van der Waals surface area contributed by atoms with E-state index in [1.165, 1.54) is 27.7 Å². The Kier molecular flexibility index (Phi) is 8.44. The first kappa shape index (κ1) is 22.8. The largest absolute Gasteiger partial charge is 0.358 e. The lowest BCUT2D eigenvalue weighted by molar-refractivity contribution is -0.117. The number of hydrazine groups is 1. The summed E-state index contributed by atoms with van der Waals surface area (Å²) in [5, 5.41) is 1.33. The van der Waals surface area contributed by atoms with Crippen LogP contribution in [0.15, 0.2) is 54.6 Å². The lowest BCUT2D eigenvalue weighted by atomic mass is 10.1. The summed E-state index contributed by atoms with van der Waals surface area (Å²) in [6.45, 7) is 10.1. The standard InChI is InChI=1S/C26H34N4O/c1-4-17-27-29-26(31)15-14-21-10-12-22(13-11-21)19-30(5-2)18-16-23-20(3)28-25-9-7-6-8-24(23)25/h6-15,27-28H,4-5,16-19H2,1-3H3,(H,29,31)/b15-14+. The number of rotatable bonds is 11. The number of likely N-dealkylation sites (N-methyl/N-ethyl adjacent to an activating group) is 1. The molecule has 3 rings (SSSR count). The van der Waals surface area contributed by atoms with Gasteiger partial charge in [-0.05, 0) is 55.1 Å². The van der Waals surface area contributed by atoms with Gasteiger partial charge in [0.05, 0.1) is 0 Å². The monoisotopic (exact) mass is 418 g/mol. The van der Waals surface area contributed by atoms with Crippen LogP contribution in [0.2, 0.25) is 0 Å². The second-order valence-electron chi connectivity index (χ2n) is 7.88. The molecule has 5 nitrogen and oxygen atoms in total. The highest BCUT2D eigenvalue weighted by Crippen LogP contribution is 2.22. The maximum absolute atomic E-state index is 11.7. The molecule has 0 aliphatic heterocycles. The minimum Gasteiger partial charge on any atom is -0.358 e. The van der Waals surface area contributed by atoms with Gasteiger partial charge in [0.15, 0.2) is 0 Å². The van der Waals surface area contributed by atoms with Gasteiger partial charge in [-0.2, -0.15) is 0 Å². The Hall–Kier alpha value is -2.89. The predicted octanol–water partition coefficient (Wildman–Crippen LogP) is 4.58. The van der Waals surface area contributed by atoms with Gasteiger partial charge in [-0.25, -0.2) is 5.43 Å². The topological polar surface area (TPSA) is 60.2 Å². The molecule has 0 radical (unpaired) electrons. The third kappa shape index (κ3) is 6.54. The minimum absolute atomic E-state index is 0.137. The molecule has 1 heterocycles. The highest BCUT2D eigenvalue weighted by molar-refractivity contribution is 5.91. The summed E-state index contributed by atoms with van der Waals surface area (Å²) in [6.07, 6.45) is 5.40. The summed E-state index contributed by atoms with van der Waals surface area (Å²) in [5.74, 6) is -0.137. The number of fused-ring (bicyclic) bond motifs is 1. The van der Waals surface area contributed by atoms with Gasteiger partial charge in [0.2, 0.25) is 0 Å². The van der Waals surface area contributed by atoms with Crippen molar-refractivity contribution in [2.45, 2.75) is 40.2 Å². The van der Waals surface area contributed by atoms with Crippen molar-refractivity contribution in [2.75, 3.05) is 19.6 Å². The van der Waals surface area contributed by atoms with Gasteiger partial charge in [-0.3, -0.25) is 15.1 Å². The van der Waals surface area contributed by atoms with Crippen LogP contribution >= 0.6 is 0 Å². The number of carbonyl (C=O) groups is 1. The first-order chi connectivity index (χ1) is 15.1. The number of benzene rings is 2. The average Bonchev–Trinajstić information content (AvgIpc) is 3.11. The average molecular weight is 419 g/mol. The summed E-state index contributed by atoms with van der Waals surface area (Å²) in [5.41, 5.74) is 11.7. The third-order valence-electron chi connectivity index (χ3n) is 5.55. The highest BCUT2D eigenvalue weighted by atomic mass is 16.2. The zero-order chi connectivity index (χ0) is 22.1. The van der Waals surface area contributed by atoms with Crippen molar-refractivity contribution >= 4 is 22.9 Å². The smallest absolute Gasteiger partial charge is 0.258 e. The van der Waals surface area contributed by atoms with Crippen molar-refractivity contribution in [3.05, 3.63) is 77.0 Å². The molecule has 0 aliphatic carbocycles. The number of amides is 1. The van der Waals surface area contributed by atoms with E-state index < -0.39 is 0 Å². The molecule has 0 fully saturated rings. The Morgan fingerprint density at radius 1 is 1.10 bits per heavy atom. The molecule has 0 saturated carbocycles. The molecular weight excluding hydrogens is 384 g/mol. The number of aromatic amines is 1. The lowest BCUT2D eigenvalue weighted by Gasteiger charge is -2.20. The summed E-state index contributed by atoms with van der Waals surface area (Å²) in [6, 6.07) is 17.0. The molecule has 2 aromatic carbocycles. The number of aromatic nitrogens is 1. The molecule has 1 aromatic heterocycles. The number of nitrogens with zero attached hydrogens (tertiary/aromatic N) is 1. The molecule has 0 unspecified atom stereocenters. The van der Waals surface area contributed by atoms with Crippen molar-refractivity contribution in [1.29, 1.82) is 0 Å². The van der Waals surface area contributed by atoms with Gasteiger partial charge in [-0.1, -0.05) is 56.3 Å². The van der Waals surface area contributed by atoms with Crippen molar-refractivity contribution in [2.24, 2.45) is 0 Å². The fourth-order valence-electron chi connectivity index (χ4n) is 3.76. The van der Waals surface area contributed by atoms with Gasteiger partial charge < -0.3 is 4.98 Å². The van der Waals surface area contributed by atoms with Gasteiger partial charge in [0.25, 0.3) is 5.91 Å². The molecule has 0 saturated heterocycles. The number of H-pyrrole nitrogens is 1. The van der Waals surface area contributed by atoms with Crippen LogP contribution in [0.1, 0.15) is 42.7 Å². The van der Waals surface area contributed by atoms with E-state index in [4.69, 9.17) is 0 Å². The van der Waals surface area contributed by atoms with Gasteiger partial charge in [-0.15, -0.1) is 0 Å². The molecule has 0 spiro atoms. The maximum atomic E-state index is 11.7. The molecule has 1 amide bonds. The molecule has 0 aliphatic rings. The first-order valence-corrected chi connectivity index (χ1v) is 11.2. The molecule has 0 bridgehead atoms. The molecule has 31 heavy (non-hydrogen) atoms. The lowest BCUT2D eigenvalue weighted by Crippen LogP contribution is -2.36. The van der Waals surface area contributed by atoms with Crippen molar-refractivity contribution in [1.82, 2.24) is 20.7 Å². The van der Waals surface area contributed by atoms with E-state index in [9.17, 15) is 4.79 Å². The van der Waals surface area contributed by atoms with Crippen LogP contribution < -0.4 is 10.9 Å². The molecule has 164 valence electrons. The second-order valence-corrected chi connectivity index (χ2v) is 7.88. The molecule has 3 aromatic rings. The SMILES string of the molecule is CCCNNC(=O)/C=C/c1ccc(CN(CC)CCc2c(C)[nH]c3ccccc23)cc1. The van der Waals surface area contributed by atoms with E-state index in [1.807, 2.05) is 6.08 Å². The van der Waals surface area contributed by atoms with Crippen LogP contribution in [0, 0.1) is 6.92 Å². The normalized spacial score (nSPS) is 11.6. The minimum atomic E-state index is -0.137. The van der Waals surface area contributed by atoms with Crippen LogP contribution in [0.25, 0.3) is 17.0 Å². The molecule has 3 N–H and O–H groups in total. The van der Waals surface area contributed by atoms with E-state index >= 15 is 0 Å². The van der Waals surface area contributed by atoms with Crippen molar-refractivity contribution in [3.8, 4) is 0 Å². The number of para-hydroxylation sites is 1. The Bertz CT molecular complexity index is 1000. The van der Waals surface area contributed by atoms with Crippen LogP contribution in [0.5, 0.6) is 0 Å². The Morgan fingerprint density at radius 3 is 2.61 bits per heavy atom. The summed E-state index contributed by atoms with van der Waals surface area (Å²) >= 11 is 0. The van der Waals surface area contributed by atoms with E-state index in [2.05, 4.69) is 90.0 Å². The van der Waals surface area contributed by atoms with E-state index in [0.29, 0.717) is 0 Å². The quantitative estimate of drug-likeness (QED) is 0.243. The predicted molar refractivity (Wildman–Crippen MR) is 130 cm³/mol. The van der Waals surface area contributed by atoms with Gasteiger partial charge in [0, 0.05) is 42.3 Å². The number of carbonyl (C=O) groups excluding carboxylic acids is 1. The number of nitrogens with one attached hydrogen (secondary N) is 3. The Balaban J connectivity index is 1.54. The van der Waals surface area contributed by atoms with Crippen molar-refractivity contribution in [3.63, 3.8) is 0 Å². The number of hydrogen-bond acceptors (Lipinski definition) is 3. The van der Waals surface area contributed by atoms with Crippen LogP contribution in [-0.2, 0) is 17.8 Å². The number of aryl methyl sites for hydroxylation is 1. The Morgan fingerprint density at radius 2 is 1.87 bits per heavy atom. The number of hydrogen-bond donors (Lipinski definition) is 3.